The van der Waals surface area contributed by atoms with Gasteiger partial charge in [0, 0.05) is 17.6 Å². The molecule has 0 spiro atoms. The third-order valence-electron chi connectivity index (χ3n) is 3.78. The van der Waals surface area contributed by atoms with Gasteiger partial charge in [-0.1, -0.05) is 18.9 Å². The molecule has 2 atom stereocenters. The summed E-state index contributed by atoms with van der Waals surface area (Å²) < 4.78 is 5.97. The Kier molecular flexibility index (Phi) is 3.65. The third kappa shape index (κ3) is 2.87. The number of aliphatic hydroxyl groups is 1. The first-order chi connectivity index (χ1) is 9.33. The number of pyridine rings is 1. The summed E-state index contributed by atoms with van der Waals surface area (Å²) in [6.45, 7) is 0. The summed E-state index contributed by atoms with van der Waals surface area (Å²) in [4.78, 5) is 4.33. The lowest BCUT2D eigenvalue weighted by Gasteiger charge is -2.22. The van der Waals surface area contributed by atoms with Crippen LogP contribution >= 0.6 is 0 Å². The maximum absolute atomic E-state index is 10.1. The first kappa shape index (κ1) is 12.4. The zero-order valence-corrected chi connectivity index (χ0v) is 11.0. The molecule has 2 aromatic rings. The maximum atomic E-state index is 10.1. The molecule has 19 heavy (non-hydrogen) atoms. The van der Waals surface area contributed by atoms with Gasteiger partial charge in [-0.2, -0.15) is 0 Å². The molecule has 0 radical (unpaired) electrons. The molecule has 2 unspecified atom stereocenters. The van der Waals surface area contributed by atoms with Crippen LogP contribution in [-0.4, -0.2) is 22.3 Å². The van der Waals surface area contributed by atoms with Gasteiger partial charge in [0.1, 0.15) is 11.9 Å². The average Bonchev–Trinajstić information content (AvgIpc) is 2.64. The van der Waals surface area contributed by atoms with Gasteiger partial charge in [0.15, 0.2) is 0 Å². The van der Waals surface area contributed by atoms with Gasteiger partial charge in [-0.15, -0.1) is 0 Å². The monoisotopic (exact) mass is 257 g/mol. The van der Waals surface area contributed by atoms with Gasteiger partial charge in [0.25, 0.3) is 0 Å². The number of ether oxygens (including phenoxy) is 1. The van der Waals surface area contributed by atoms with E-state index in [1.807, 2.05) is 30.3 Å². The predicted molar refractivity (Wildman–Crippen MR) is 75.3 cm³/mol. The predicted octanol–water partition coefficient (Wildman–Crippen LogP) is 3.31. The van der Waals surface area contributed by atoms with Crippen LogP contribution in [0.1, 0.15) is 32.1 Å². The van der Waals surface area contributed by atoms with Crippen molar-refractivity contribution in [1.29, 1.82) is 0 Å². The standard InChI is InChI=1S/C16H19NO2/c18-15-6-2-1-3-7-16(15)19-13-9-8-12-5-4-10-17-14(12)11-13/h4-5,8-11,15-16,18H,1-3,6-7H2. The van der Waals surface area contributed by atoms with Crippen LogP contribution in [0.3, 0.4) is 0 Å². The zero-order valence-electron chi connectivity index (χ0n) is 11.0. The Labute approximate surface area is 113 Å². The van der Waals surface area contributed by atoms with Gasteiger partial charge in [-0.05, 0) is 37.5 Å². The van der Waals surface area contributed by atoms with Crippen molar-refractivity contribution in [2.24, 2.45) is 0 Å². The lowest BCUT2D eigenvalue weighted by atomic mass is 10.1. The Bertz CT molecular complexity index is 555. The summed E-state index contributed by atoms with van der Waals surface area (Å²) in [5.74, 6) is 0.803. The largest absolute Gasteiger partial charge is 0.488 e. The van der Waals surface area contributed by atoms with Gasteiger partial charge in [0.2, 0.25) is 0 Å². The quantitative estimate of drug-likeness (QED) is 0.839. The second-order valence-electron chi connectivity index (χ2n) is 5.22. The van der Waals surface area contributed by atoms with E-state index in [9.17, 15) is 5.11 Å². The van der Waals surface area contributed by atoms with E-state index in [0.717, 1.165) is 42.3 Å². The third-order valence-corrected chi connectivity index (χ3v) is 3.78. The molecule has 0 amide bonds. The van der Waals surface area contributed by atoms with Crippen LogP contribution in [0, 0.1) is 0 Å². The normalized spacial score (nSPS) is 24.1. The SMILES string of the molecule is OC1CCCCCC1Oc1ccc2cccnc2c1. The molecular weight excluding hydrogens is 238 g/mol. The molecule has 0 saturated heterocycles. The van der Waals surface area contributed by atoms with Crippen molar-refractivity contribution in [3.05, 3.63) is 36.5 Å². The molecule has 1 aliphatic rings. The summed E-state index contributed by atoms with van der Waals surface area (Å²) in [6, 6.07) is 9.89. The van der Waals surface area contributed by atoms with Crippen LogP contribution in [0.4, 0.5) is 0 Å². The van der Waals surface area contributed by atoms with Crippen LogP contribution in [0.15, 0.2) is 36.5 Å². The second kappa shape index (κ2) is 5.57. The van der Waals surface area contributed by atoms with Crippen molar-refractivity contribution < 1.29 is 9.84 Å². The molecular formula is C16H19NO2. The van der Waals surface area contributed by atoms with Gasteiger partial charge in [-0.25, -0.2) is 0 Å². The Balaban J connectivity index is 1.80. The number of nitrogens with zero attached hydrogens (tertiary/aromatic N) is 1. The van der Waals surface area contributed by atoms with E-state index < -0.39 is 0 Å². The lowest BCUT2D eigenvalue weighted by Crippen LogP contribution is -2.30. The van der Waals surface area contributed by atoms with E-state index in [0.29, 0.717) is 0 Å². The molecule has 1 saturated carbocycles. The highest BCUT2D eigenvalue weighted by Gasteiger charge is 2.23. The molecule has 1 heterocycles. The number of benzene rings is 1. The fraction of sp³-hybridized carbons (Fsp3) is 0.438. The van der Waals surface area contributed by atoms with Crippen molar-refractivity contribution in [1.82, 2.24) is 4.98 Å². The molecule has 1 aromatic heterocycles. The van der Waals surface area contributed by atoms with Crippen LogP contribution in [0.5, 0.6) is 5.75 Å². The number of rotatable bonds is 2. The molecule has 1 N–H and O–H groups in total. The topological polar surface area (TPSA) is 42.4 Å². The first-order valence-electron chi connectivity index (χ1n) is 7.02. The van der Waals surface area contributed by atoms with Crippen molar-refractivity contribution in [2.45, 2.75) is 44.3 Å². The van der Waals surface area contributed by atoms with E-state index in [1.54, 1.807) is 6.20 Å². The second-order valence-corrected chi connectivity index (χ2v) is 5.22. The molecule has 3 heteroatoms. The van der Waals surface area contributed by atoms with Crippen LogP contribution in [0.25, 0.3) is 10.9 Å². The van der Waals surface area contributed by atoms with Gasteiger partial charge in [0.05, 0.1) is 11.6 Å². The summed E-state index contributed by atoms with van der Waals surface area (Å²) in [7, 11) is 0. The van der Waals surface area contributed by atoms with Crippen LogP contribution in [0.2, 0.25) is 0 Å². The Morgan fingerprint density at radius 2 is 2.00 bits per heavy atom. The smallest absolute Gasteiger partial charge is 0.124 e. The minimum absolute atomic E-state index is 0.0799. The van der Waals surface area contributed by atoms with Crippen molar-refractivity contribution in [2.75, 3.05) is 0 Å². The minimum atomic E-state index is -0.345. The zero-order chi connectivity index (χ0) is 13.1. The van der Waals surface area contributed by atoms with E-state index in [1.165, 1.54) is 6.42 Å². The summed E-state index contributed by atoms with van der Waals surface area (Å²) >= 11 is 0. The van der Waals surface area contributed by atoms with Gasteiger partial charge in [-0.3, -0.25) is 4.98 Å². The number of aromatic nitrogens is 1. The summed E-state index contributed by atoms with van der Waals surface area (Å²) in [6.07, 6.45) is 6.56. The summed E-state index contributed by atoms with van der Waals surface area (Å²) in [5, 5.41) is 11.2. The Morgan fingerprint density at radius 1 is 1.11 bits per heavy atom. The number of aliphatic hydroxyl groups excluding tert-OH is 1. The average molecular weight is 257 g/mol. The van der Waals surface area contributed by atoms with Crippen molar-refractivity contribution in [3.63, 3.8) is 0 Å². The van der Waals surface area contributed by atoms with E-state index in [-0.39, 0.29) is 12.2 Å². The highest BCUT2D eigenvalue weighted by atomic mass is 16.5. The Hall–Kier alpha value is -1.61. The fourth-order valence-electron chi connectivity index (χ4n) is 2.69. The van der Waals surface area contributed by atoms with Gasteiger partial charge >= 0.3 is 0 Å². The Morgan fingerprint density at radius 3 is 2.95 bits per heavy atom. The van der Waals surface area contributed by atoms with Crippen LogP contribution < -0.4 is 4.74 Å². The lowest BCUT2D eigenvalue weighted by molar-refractivity contribution is 0.0320. The molecule has 0 bridgehead atoms. The van der Waals surface area contributed by atoms with Crippen molar-refractivity contribution >= 4 is 10.9 Å². The van der Waals surface area contributed by atoms with E-state index >= 15 is 0 Å². The number of hydrogen-bond acceptors (Lipinski definition) is 3. The maximum Gasteiger partial charge on any atom is 0.124 e. The molecule has 1 aliphatic carbocycles. The summed E-state index contributed by atoms with van der Waals surface area (Å²) in [5.41, 5.74) is 0.933. The highest BCUT2D eigenvalue weighted by Crippen LogP contribution is 2.25. The van der Waals surface area contributed by atoms with E-state index in [2.05, 4.69) is 4.98 Å². The molecule has 0 aliphatic heterocycles. The minimum Gasteiger partial charge on any atom is -0.488 e. The fourth-order valence-corrected chi connectivity index (χ4v) is 2.69. The van der Waals surface area contributed by atoms with Crippen molar-refractivity contribution in [3.8, 4) is 5.75 Å². The molecule has 3 rings (SSSR count). The molecule has 1 fully saturated rings. The van der Waals surface area contributed by atoms with Gasteiger partial charge < -0.3 is 9.84 Å². The van der Waals surface area contributed by atoms with Crippen LogP contribution in [-0.2, 0) is 0 Å². The van der Waals surface area contributed by atoms with E-state index in [4.69, 9.17) is 4.74 Å². The number of hydrogen-bond donors (Lipinski definition) is 1. The molecule has 100 valence electrons. The highest BCUT2D eigenvalue weighted by molar-refractivity contribution is 5.79. The number of fused-ring (bicyclic) bond motifs is 1. The molecule has 3 nitrogen and oxygen atoms in total. The molecule has 1 aromatic carbocycles. The first-order valence-corrected chi connectivity index (χ1v) is 7.02.